The fraction of sp³-hybridized carbons (Fsp3) is 0.385. The van der Waals surface area contributed by atoms with Crippen molar-refractivity contribution in [3.05, 3.63) is 28.7 Å². The van der Waals surface area contributed by atoms with Crippen LogP contribution in [0.1, 0.15) is 19.8 Å². The Balaban J connectivity index is 2.19. The summed E-state index contributed by atoms with van der Waals surface area (Å²) < 4.78 is 0.854. The van der Waals surface area contributed by atoms with Crippen molar-refractivity contribution in [2.75, 3.05) is 18.0 Å². The number of halogens is 1. The maximum absolute atomic E-state index is 12.1. The van der Waals surface area contributed by atoms with E-state index in [0.717, 1.165) is 17.3 Å². The Labute approximate surface area is 115 Å². The lowest BCUT2D eigenvalue weighted by Gasteiger charge is -2.16. The average molecular weight is 311 g/mol. The van der Waals surface area contributed by atoms with Gasteiger partial charge in [-0.25, -0.2) is 9.69 Å². The molecule has 0 saturated carbocycles. The number of rotatable bonds is 4. The molecule has 0 radical (unpaired) electrons. The summed E-state index contributed by atoms with van der Waals surface area (Å²) in [4.78, 5) is 26.9. The molecular formula is C13H15BrN2O2. The molecule has 0 aliphatic carbocycles. The standard InChI is InChI=1S/C13H15BrN2O2/c1-2-3-7-15-9-12(17)16(13(15)18)11-6-4-5-10(14)8-11/h4-6,8H,2-3,7,9H2,1H3. The second-order valence-electron chi connectivity index (χ2n) is 4.27. The number of benzene rings is 1. The van der Waals surface area contributed by atoms with E-state index in [0.29, 0.717) is 12.2 Å². The zero-order chi connectivity index (χ0) is 13.1. The summed E-state index contributed by atoms with van der Waals surface area (Å²) in [6, 6.07) is 7.01. The van der Waals surface area contributed by atoms with Crippen LogP contribution in [0.25, 0.3) is 0 Å². The van der Waals surface area contributed by atoms with Crippen LogP contribution in [-0.2, 0) is 4.79 Å². The molecule has 1 aromatic carbocycles. The summed E-state index contributed by atoms with van der Waals surface area (Å²) in [7, 11) is 0. The van der Waals surface area contributed by atoms with Crippen LogP contribution in [0.15, 0.2) is 28.7 Å². The summed E-state index contributed by atoms with van der Waals surface area (Å²) in [5.41, 5.74) is 0.623. The molecule has 1 saturated heterocycles. The molecule has 0 aromatic heterocycles. The molecule has 1 aromatic rings. The van der Waals surface area contributed by atoms with Gasteiger partial charge >= 0.3 is 6.03 Å². The van der Waals surface area contributed by atoms with Crippen LogP contribution < -0.4 is 4.90 Å². The zero-order valence-electron chi connectivity index (χ0n) is 10.2. The van der Waals surface area contributed by atoms with Gasteiger partial charge in [0.2, 0.25) is 0 Å². The molecule has 1 heterocycles. The number of imide groups is 1. The third-order valence-corrected chi connectivity index (χ3v) is 3.38. The van der Waals surface area contributed by atoms with Crippen molar-refractivity contribution in [1.82, 2.24) is 4.90 Å². The van der Waals surface area contributed by atoms with Crippen LogP contribution in [-0.4, -0.2) is 29.9 Å². The largest absolute Gasteiger partial charge is 0.331 e. The molecule has 1 aliphatic heterocycles. The van der Waals surface area contributed by atoms with E-state index >= 15 is 0 Å². The predicted octanol–water partition coefficient (Wildman–Crippen LogP) is 3.02. The first-order valence-electron chi connectivity index (χ1n) is 6.01. The van der Waals surface area contributed by atoms with Crippen LogP contribution in [0.2, 0.25) is 0 Å². The van der Waals surface area contributed by atoms with Gasteiger partial charge in [0.15, 0.2) is 0 Å². The van der Waals surface area contributed by atoms with Crippen molar-refractivity contribution < 1.29 is 9.59 Å². The topological polar surface area (TPSA) is 40.6 Å². The maximum Gasteiger partial charge on any atom is 0.331 e. The van der Waals surface area contributed by atoms with E-state index in [9.17, 15) is 9.59 Å². The van der Waals surface area contributed by atoms with Crippen LogP contribution in [0.3, 0.4) is 0 Å². The van der Waals surface area contributed by atoms with Gasteiger partial charge in [0.25, 0.3) is 5.91 Å². The van der Waals surface area contributed by atoms with Crippen LogP contribution >= 0.6 is 15.9 Å². The average Bonchev–Trinajstić information content (AvgIpc) is 2.62. The summed E-state index contributed by atoms with van der Waals surface area (Å²) in [6.07, 6.45) is 1.93. The van der Waals surface area contributed by atoms with E-state index in [2.05, 4.69) is 22.9 Å². The van der Waals surface area contributed by atoms with Crippen molar-refractivity contribution in [3.63, 3.8) is 0 Å². The fourth-order valence-electron chi connectivity index (χ4n) is 1.94. The predicted molar refractivity (Wildman–Crippen MR) is 73.5 cm³/mol. The number of anilines is 1. The van der Waals surface area contributed by atoms with Crippen molar-refractivity contribution in [2.24, 2.45) is 0 Å². The van der Waals surface area contributed by atoms with E-state index in [-0.39, 0.29) is 18.5 Å². The number of urea groups is 1. The zero-order valence-corrected chi connectivity index (χ0v) is 11.8. The van der Waals surface area contributed by atoms with Gasteiger partial charge < -0.3 is 4.90 Å². The molecule has 96 valence electrons. The minimum Gasteiger partial charge on any atom is -0.315 e. The van der Waals surface area contributed by atoms with Crippen molar-refractivity contribution in [3.8, 4) is 0 Å². The Morgan fingerprint density at radius 1 is 1.33 bits per heavy atom. The first kappa shape index (κ1) is 13.1. The van der Waals surface area contributed by atoms with Gasteiger partial charge in [-0.3, -0.25) is 4.79 Å². The van der Waals surface area contributed by atoms with Crippen LogP contribution in [0.5, 0.6) is 0 Å². The van der Waals surface area contributed by atoms with Crippen molar-refractivity contribution in [1.29, 1.82) is 0 Å². The van der Waals surface area contributed by atoms with Crippen molar-refractivity contribution in [2.45, 2.75) is 19.8 Å². The summed E-state index contributed by atoms with van der Waals surface area (Å²) in [6.45, 7) is 2.89. The smallest absolute Gasteiger partial charge is 0.315 e. The first-order chi connectivity index (χ1) is 8.63. The van der Waals surface area contributed by atoms with Crippen molar-refractivity contribution >= 4 is 33.6 Å². The van der Waals surface area contributed by atoms with E-state index < -0.39 is 0 Å². The summed E-state index contributed by atoms with van der Waals surface area (Å²) in [5, 5.41) is 0. The van der Waals surface area contributed by atoms with Gasteiger partial charge in [-0.2, -0.15) is 0 Å². The third-order valence-electron chi connectivity index (χ3n) is 2.89. The fourth-order valence-corrected chi connectivity index (χ4v) is 2.33. The van der Waals surface area contributed by atoms with E-state index in [1.54, 1.807) is 17.0 Å². The minimum atomic E-state index is -0.216. The first-order valence-corrected chi connectivity index (χ1v) is 6.80. The molecule has 5 heteroatoms. The lowest BCUT2D eigenvalue weighted by atomic mass is 10.3. The third kappa shape index (κ3) is 2.56. The molecule has 0 bridgehead atoms. The number of unbranched alkanes of at least 4 members (excludes halogenated alkanes) is 1. The second kappa shape index (κ2) is 5.52. The number of amides is 3. The molecule has 2 rings (SSSR count). The SMILES string of the molecule is CCCCN1CC(=O)N(c2cccc(Br)c2)C1=O. The van der Waals surface area contributed by atoms with Crippen LogP contribution in [0, 0.1) is 0 Å². The monoisotopic (exact) mass is 310 g/mol. The second-order valence-corrected chi connectivity index (χ2v) is 5.18. The van der Waals surface area contributed by atoms with Gasteiger partial charge in [0.1, 0.15) is 6.54 Å². The minimum absolute atomic E-state index is 0.158. The molecule has 18 heavy (non-hydrogen) atoms. The normalized spacial score (nSPS) is 15.7. The quantitative estimate of drug-likeness (QED) is 0.802. The summed E-state index contributed by atoms with van der Waals surface area (Å²) >= 11 is 3.34. The Morgan fingerprint density at radius 3 is 2.78 bits per heavy atom. The van der Waals surface area contributed by atoms with Gasteiger partial charge in [0, 0.05) is 11.0 Å². The van der Waals surface area contributed by atoms with E-state index in [1.807, 2.05) is 12.1 Å². The highest BCUT2D eigenvalue weighted by molar-refractivity contribution is 9.10. The molecular weight excluding hydrogens is 296 g/mol. The highest BCUT2D eigenvalue weighted by Crippen LogP contribution is 2.24. The molecule has 3 amide bonds. The Kier molecular flexibility index (Phi) is 4.01. The molecule has 0 N–H and O–H groups in total. The molecule has 1 fully saturated rings. The molecule has 4 nitrogen and oxygen atoms in total. The lowest BCUT2D eigenvalue weighted by molar-refractivity contribution is -0.116. The molecule has 0 atom stereocenters. The Hall–Kier alpha value is -1.36. The van der Waals surface area contributed by atoms with Gasteiger partial charge in [-0.05, 0) is 24.6 Å². The number of hydrogen-bond donors (Lipinski definition) is 0. The lowest BCUT2D eigenvalue weighted by Crippen LogP contribution is -2.33. The Bertz CT molecular complexity index is 476. The number of nitrogens with zero attached hydrogens (tertiary/aromatic N) is 2. The molecule has 1 aliphatic rings. The number of carbonyl (C=O) groups excluding carboxylic acids is 2. The molecule has 0 unspecified atom stereocenters. The number of carbonyl (C=O) groups is 2. The highest BCUT2D eigenvalue weighted by Gasteiger charge is 2.36. The highest BCUT2D eigenvalue weighted by atomic mass is 79.9. The number of hydrogen-bond acceptors (Lipinski definition) is 2. The van der Waals surface area contributed by atoms with E-state index in [1.165, 1.54) is 4.90 Å². The van der Waals surface area contributed by atoms with Crippen LogP contribution in [0.4, 0.5) is 10.5 Å². The molecule has 0 spiro atoms. The van der Waals surface area contributed by atoms with Gasteiger partial charge in [-0.15, -0.1) is 0 Å². The Morgan fingerprint density at radius 2 is 2.11 bits per heavy atom. The summed E-state index contributed by atoms with van der Waals surface area (Å²) in [5.74, 6) is -0.158. The van der Waals surface area contributed by atoms with Gasteiger partial charge in [0.05, 0.1) is 5.69 Å². The maximum atomic E-state index is 12.1. The van der Waals surface area contributed by atoms with Gasteiger partial charge in [-0.1, -0.05) is 35.3 Å². The van der Waals surface area contributed by atoms with E-state index in [4.69, 9.17) is 0 Å².